The van der Waals surface area contributed by atoms with E-state index in [0.29, 0.717) is 16.8 Å². The Morgan fingerprint density at radius 1 is 1.15 bits per heavy atom. The molecular formula is C18H13N5O4. The fraction of sp³-hybridized carbons (Fsp3) is 0.111. The van der Waals surface area contributed by atoms with Crippen LogP contribution in [0.1, 0.15) is 27.6 Å². The molecule has 0 saturated heterocycles. The molecule has 0 fully saturated rings. The Bertz CT molecular complexity index is 1290. The number of hydrogen-bond acceptors (Lipinski definition) is 7. The molecule has 0 aliphatic carbocycles. The van der Waals surface area contributed by atoms with Crippen LogP contribution < -0.4 is 5.56 Å². The second-order valence-corrected chi connectivity index (χ2v) is 5.82. The van der Waals surface area contributed by atoms with Gasteiger partial charge in [-0.15, -0.1) is 10.2 Å². The van der Waals surface area contributed by atoms with E-state index in [2.05, 4.69) is 15.3 Å². The third kappa shape index (κ3) is 2.56. The maximum absolute atomic E-state index is 12.9. The van der Waals surface area contributed by atoms with Crippen molar-refractivity contribution >= 4 is 28.4 Å². The number of nitrogens with zero attached hydrogens (tertiary/aromatic N) is 5. The van der Waals surface area contributed by atoms with E-state index in [-0.39, 0.29) is 22.5 Å². The number of hydrogen-bond donors (Lipinski definition) is 0. The Hall–Kier alpha value is -3.88. The zero-order valence-electron chi connectivity index (χ0n) is 14.4. The van der Waals surface area contributed by atoms with Crippen LogP contribution in [-0.4, -0.2) is 43.2 Å². The van der Waals surface area contributed by atoms with Crippen molar-refractivity contribution < 1.29 is 14.3 Å². The highest BCUT2D eigenvalue weighted by molar-refractivity contribution is 5.96. The molecule has 4 aromatic rings. The van der Waals surface area contributed by atoms with Gasteiger partial charge < -0.3 is 4.74 Å². The van der Waals surface area contributed by atoms with E-state index >= 15 is 0 Å². The highest BCUT2D eigenvalue weighted by Crippen LogP contribution is 2.15. The fourth-order valence-electron chi connectivity index (χ4n) is 2.82. The van der Waals surface area contributed by atoms with E-state index in [4.69, 9.17) is 4.74 Å². The summed E-state index contributed by atoms with van der Waals surface area (Å²) < 4.78 is 7.43. The minimum absolute atomic E-state index is 0.0812. The summed E-state index contributed by atoms with van der Waals surface area (Å²) in [5, 5.41) is 12.1. The van der Waals surface area contributed by atoms with Gasteiger partial charge in [-0.25, -0.2) is 9.31 Å². The van der Waals surface area contributed by atoms with Crippen LogP contribution in [0.3, 0.4) is 0 Å². The summed E-state index contributed by atoms with van der Waals surface area (Å²) in [6, 6.07) is 8.37. The molecule has 27 heavy (non-hydrogen) atoms. The van der Waals surface area contributed by atoms with E-state index in [1.165, 1.54) is 29.3 Å². The van der Waals surface area contributed by atoms with Gasteiger partial charge in [-0.05, 0) is 25.1 Å². The van der Waals surface area contributed by atoms with Crippen molar-refractivity contribution in [2.24, 2.45) is 0 Å². The van der Waals surface area contributed by atoms with Crippen molar-refractivity contribution in [2.45, 2.75) is 6.92 Å². The van der Waals surface area contributed by atoms with Crippen molar-refractivity contribution in [2.75, 3.05) is 7.11 Å². The molecule has 0 unspecified atom stereocenters. The quantitative estimate of drug-likeness (QED) is 0.400. The number of ketones is 1. The van der Waals surface area contributed by atoms with Crippen molar-refractivity contribution in [3.63, 3.8) is 0 Å². The van der Waals surface area contributed by atoms with Crippen molar-refractivity contribution in [3.8, 4) is 5.69 Å². The number of Topliss-reactive ketones (excluding diaryl/α,β-unsaturated/α-hetero) is 1. The molecule has 0 spiro atoms. The van der Waals surface area contributed by atoms with E-state index in [0.717, 1.165) is 0 Å². The van der Waals surface area contributed by atoms with Gasteiger partial charge >= 0.3 is 5.97 Å². The van der Waals surface area contributed by atoms with Crippen LogP contribution in [-0.2, 0) is 4.74 Å². The highest BCUT2D eigenvalue weighted by atomic mass is 16.5. The Balaban J connectivity index is 1.94. The zero-order chi connectivity index (χ0) is 19.1. The number of rotatable bonds is 3. The Morgan fingerprint density at radius 3 is 2.70 bits per heavy atom. The van der Waals surface area contributed by atoms with Crippen molar-refractivity contribution in [3.05, 3.63) is 64.2 Å². The predicted molar refractivity (Wildman–Crippen MR) is 95.2 cm³/mol. The van der Waals surface area contributed by atoms with Crippen LogP contribution in [0.4, 0.5) is 0 Å². The van der Waals surface area contributed by atoms with Gasteiger partial charge in [-0.3, -0.25) is 14.2 Å². The molecule has 0 radical (unpaired) electrons. The average molecular weight is 363 g/mol. The van der Waals surface area contributed by atoms with Crippen molar-refractivity contribution in [1.29, 1.82) is 0 Å². The molecule has 9 nitrogen and oxygen atoms in total. The van der Waals surface area contributed by atoms with Gasteiger partial charge in [0.05, 0.1) is 13.3 Å². The van der Waals surface area contributed by atoms with Crippen LogP contribution in [0.25, 0.3) is 22.4 Å². The number of esters is 1. The monoisotopic (exact) mass is 363 g/mol. The largest absolute Gasteiger partial charge is 0.465 e. The standard InChI is InChI=1S/C18H13N5O4/c1-10(24)11-4-3-5-12(8-11)22-7-6-14-15(17(22)25)20-21-16-13(18(26)27-2)9-19-23(14)16/h3-9H,1-2H3. The van der Waals surface area contributed by atoms with E-state index in [1.807, 2.05) is 0 Å². The first kappa shape index (κ1) is 16.6. The summed E-state index contributed by atoms with van der Waals surface area (Å²) in [6.07, 6.45) is 2.88. The minimum Gasteiger partial charge on any atom is -0.465 e. The molecule has 0 aliphatic rings. The molecule has 0 amide bonds. The summed E-state index contributed by atoms with van der Waals surface area (Å²) in [6.45, 7) is 1.46. The molecule has 0 bridgehead atoms. The molecule has 0 N–H and O–H groups in total. The first-order valence-corrected chi connectivity index (χ1v) is 7.96. The lowest BCUT2D eigenvalue weighted by Crippen LogP contribution is -2.20. The lowest BCUT2D eigenvalue weighted by molar-refractivity contribution is 0.0602. The second-order valence-electron chi connectivity index (χ2n) is 5.82. The summed E-state index contributed by atoms with van der Waals surface area (Å²) >= 11 is 0. The summed E-state index contributed by atoms with van der Waals surface area (Å²) in [5.41, 5.74) is 1.45. The van der Waals surface area contributed by atoms with Crippen LogP contribution in [0.15, 0.2) is 47.5 Å². The van der Waals surface area contributed by atoms with Gasteiger partial charge in [0.1, 0.15) is 11.1 Å². The molecule has 134 valence electrons. The van der Waals surface area contributed by atoms with Crippen molar-refractivity contribution in [1.82, 2.24) is 24.4 Å². The van der Waals surface area contributed by atoms with Gasteiger partial charge in [-0.2, -0.15) is 5.10 Å². The van der Waals surface area contributed by atoms with Crippen LogP contribution in [0.2, 0.25) is 0 Å². The number of pyridine rings is 1. The van der Waals surface area contributed by atoms with Crippen LogP contribution in [0, 0.1) is 0 Å². The van der Waals surface area contributed by atoms with Gasteiger partial charge in [0.15, 0.2) is 16.9 Å². The number of ether oxygens (including phenoxy) is 1. The predicted octanol–water partition coefficient (Wildman–Crippen LogP) is 1.42. The number of methoxy groups -OCH3 is 1. The fourth-order valence-corrected chi connectivity index (χ4v) is 2.82. The third-order valence-electron chi connectivity index (χ3n) is 4.20. The number of carbonyl (C=O) groups is 2. The van der Waals surface area contributed by atoms with E-state index in [1.54, 1.807) is 36.5 Å². The maximum atomic E-state index is 12.9. The Morgan fingerprint density at radius 2 is 1.96 bits per heavy atom. The number of benzene rings is 1. The van der Waals surface area contributed by atoms with E-state index in [9.17, 15) is 14.4 Å². The average Bonchev–Trinajstić information content (AvgIpc) is 3.12. The summed E-state index contributed by atoms with van der Waals surface area (Å²) in [5.74, 6) is -0.688. The Kier molecular flexibility index (Phi) is 3.76. The van der Waals surface area contributed by atoms with Gasteiger partial charge in [-0.1, -0.05) is 12.1 Å². The lowest BCUT2D eigenvalue weighted by Gasteiger charge is -2.08. The number of carbonyl (C=O) groups excluding carboxylic acids is 2. The summed E-state index contributed by atoms with van der Waals surface area (Å²) in [4.78, 5) is 36.3. The topological polar surface area (TPSA) is 108 Å². The molecule has 4 rings (SSSR count). The van der Waals surface area contributed by atoms with Crippen LogP contribution >= 0.6 is 0 Å². The van der Waals surface area contributed by atoms with Gasteiger partial charge in [0.25, 0.3) is 5.56 Å². The van der Waals surface area contributed by atoms with Gasteiger partial charge in [0, 0.05) is 17.4 Å². The van der Waals surface area contributed by atoms with Gasteiger partial charge in [0.2, 0.25) is 0 Å². The van der Waals surface area contributed by atoms with E-state index < -0.39 is 11.5 Å². The zero-order valence-corrected chi connectivity index (χ0v) is 14.4. The lowest BCUT2D eigenvalue weighted by atomic mass is 10.1. The molecule has 9 heteroatoms. The summed E-state index contributed by atoms with van der Waals surface area (Å²) in [7, 11) is 1.26. The highest BCUT2D eigenvalue weighted by Gasteiger charge is 2.18. The SMILES string of the molecule is COC(=O)c1cnn2c1nnc1c(=O)n(-c3cccc(C(C)=O)c3)ccc12. The molecule has 0 saturated carbocycles. The normalized spacial score (nSPS) is 11.0. The molecule has 0 aliphatic heterocycles. The number of fused-ring (bicyclic) bond motifs is 3. The molecular weight excluding hydrogens is 350 g/mol. The second kappa shape index (κ2) is 6.13. The Labute approximate surface area is 151 Å². The smallest absolute Gasteiger partial charge is 0.343 e. The molecule has 0 atom stereocenters. The molecule has 3 heterocycles. The first-order chi connectivity index (χ1) is 13.0. The first-order valence-electron chi connectivity index (χ1n) is 7.96. The number of aromatic nitrogens is 5. The maximum Gasteiger partial charge on any atom is 0.343 e. The minimum atomic E-state index is -0.590. The molecule has 1 aromatic carbocycles. The molecule has 3 aromatic heterocycles. The van der Waals surface area contributed by atoms with Crippen LogP contribution in [0.5, 0.6) is 0 Å². The third-order valence-corrected chi connectivity index (χ3v) is 4.20.